The molecule has 0 saturated carbocycles. The van der Waals surface area contributed by atoms with Crippen molar-refractivity contribution in [2.75, 3.05) is 32.1 Å². The maximum Gasteiger partial charge on any atom is 0.325 e. The number of nitrogens with one attached hydrogen (secondary N) is 1. The van der Waals surface area contributed by atoms with Gasteiger partial charge < -0.3 is 15.0 Å². The average molecular weight is 296 g/mol. The zero-order valence-corrected chi connectivity index (χ0v) is 13.3. The van der Waals surface area contributed by atoms with Crippen LogP contribution in [0.2, 0.25) is 0 Å². The van der Waals surface area contributed by atoms with Gasteiger partial charge >= 0.3 is 5.97 Å². The Hall–Kier alpha value is -1.62. The van der Waals surface area contributed by atoms with Crippen LogP contribution < -0.4 is 10.2 Å². The first kappa shape index (κ1) is 17.4. The van der Waals surface area contributed by atoms with Gasteiger partial charge in [-0.3, -0.25) is 4.79 Å². The van der Waals surface area contributed by atoms with Crippen molar-refractivity contribution in [2.24, 2.45) is 0 Å². The molecule has 0 saturated heterocycles. The monoisotopic (exact) mass is 296 g/mol. The van der Waals surface area contributed by atoms with Gasteiger partial charge in [0.1, 0.15) is 11.4 Å². The summed E-state index contributed by atoms with van der Waals surface area (Å²) in [7, 11) is 3.16. The van der Waals surface area contributed by atoms with Crippen molar-refractivity contribution in [2.45, 2.75) is 32.2 Å². The van der Waals surface area contributed by atoms with Gasteiger partial charge in [0.05, 0.1) is 7.11 Å². The summed E-state index contributed by atoms with van der Waals surface area (Å²) in [6.07, 6.45) is 1.51. The van der Waals surface area contributed by atoms with E-state index in [9.17, 15) is 9.18 Å². The van der Waals surface area contributed by atoms with Crippen molar-refractivity contribution >= 4 is 11.7 Å². The van der Waals surface area contributed by atoms with Crippen molar-refractivity contribution in [3.05, 3.63) is 30.1 Å². The molecule has 21 heavy (non-hydrogen) atoms. The van der Waals surface area contributed by atoms with E-state index in [0.29, 0.717) is 6.42 Å². The van der Waals surface area contributed by atoms with Crippen LogP contribution in [0.1, 0.15) is 26.7 Å². The highest BCUT2D eigenvalue weighted by Gasteiger charge is 2.31. The first-order valence-corrected chi connectivity index (χ1v) is 7.24. The molecule has 0 fully saturated rings. The number of hydrogen-bond donors (Lipinski definition) is 1. The molecular formula is C16H25FN2O2. The molecule has 0 heterocycles. The normalized spacial score (nSPS) is 13.6. The molecule has 0 aliphatic carbocycles. The van der Waals surface area contributed by atoms with E-state index in [-0.39, 0.29) is 11.8 Å². The van der Waals surface area contributed by atoms with Gasteiger partial charge in [0.15, 0.2) is 0 Å². The third kappa shape index (κ3) is 4.70. The van der Waals surface area contributed by atoms with Gasteiger partial charge in [-0.15, -0.1) is 0 Å². The third-order valence-corrected chi connectivity index (χ3v) is 3.87. The summed E-state index contributed by atoms with van der Waals surface area (Å²) in [6.45, 7) is 5.53. The highest BCUT2D eigenvalue weighted by molar-refractivity contribution is 5.80. The molecule has 1 N–H and O–H groups in total. The molecule has 4 nitrogen and oxygen atoms in total. The van der Waals surface area contributed by atoms with Gasteiger partial charge in [-0.2, -0.15) is 0 Å². The average Bonchev–Trinajstić information content (AvgIpc) is 2.51. The fraction of sp³-hybridized carbons (Fsp3) is 0.562. The summed E-state index contributed by atoms with van der Waals surface area (Å²) >= 11 is 0. The fourth-order valence-electron chi connectivity index (χ4n) is 2.30. The molecule has 1 rings (SSSR count). The van der Waals surface area contributed by atoms with E-state index in [0.717, 1.165) is 25.2 Å². The van der Waals surface area contributed by atoms with Crippen LogP contribution in [0.5, 0.6) is 0 Å². The number of anilines is 1. The molecule has 0 bridgehead atoms. The first-order chi connectivity index (χ1) is 9.96. The zero-order chi connectivity index (χ0) is 15.9. The van der Waals surface area contributed by atoms with Crippen LogP contribution in [0.3, 0.4) is 0 Å². The van der Waals surface area contributed by atoms with Crippen LogP contribution in [0.4, 0.5) is 10.1 Å². The Morgan fingerprint density at radius 2 is 2.00 bits per heavy atom. The summed E-state index contributed by atoms with van der Waals surface area (Å²) in [5, 5.41) is 3.03. The van der Waals surface area contributed by atoms with Gasteiger partial charge in [-0.05, 0) is 58.0 Å². The van der Waals surface area contributed by atoms with E-state index in [1.54, 1.807) is 19.2 Å². The first-order valence-electron chi connectivity index (χ1n) is 7.24. The molecule has 1 atom stereocenters. The SMILES string of the molecule is CCN(CCCC(C)(NC)C(=O)OC)c1ccc(F)cc1. The lowest BCUT2D eigenvalue weighted by molar-refractivity contribution is -0.148. The second kappa shape index (κ2) is 7.98. The quantitative estimate of drug-likeness (QED) is 0.749. The van der Waals surface area contributed by atoms with Crippen LogP contribution >= 0.6 is 0 Å². The van der Waals surface area contributed by atoms with Gasteiger partial charge in [-0.1, -0.05) is 0 Å². The minimum absolute atomic E-state index is 0.233. The molecule has 118 valence electrons. The molecule has 1 unspecified atom stereocenters. The maximum absolute atomic E-state index is 13.0. The lowest BCUT2D eigenvalue weighted by atomic mass is 9.96. The minimum atomic E-state index is -0.670. The van der Waals surface area contributed by atoms with E-state index < -0.39 is 5.54 Å². The van der Waals surface area contributed by atoms with Gasteiger partial charge in [0.25, 0.3) is 0 Å². The number of rotatable bonds is 8. The number of halogens is 1. The van der Waals surface area contributed by atoms with Crippen molar-refractivity contribution in [1.29, 1.82) is 0 Å². The third-order valence-electron chi connectivity index (χ3n) is 3.87. The number of likely N-dealkylation sites (N-methyl/N-ethyl adjacent to an activating group) is 1. The Bertz CT molecular complexity index is 450. The standard InChI is InChI=1S/C16H25FN2O2/c1-5-19(14-9-7-13(17)8-10-14)12-6-11-16(2,18-3)15(20)21-4/h7-10,18H,5-6,11-12H2,1-4H3. The Labute approximate surface area is 126 Å². The highest BCUT2D eigenvalue weighted by Crippen LogP contribution is 2.18. The lowest BCUT2D eigenvalue weighted by Crippen LogP contribution is -2.48. The maximum atomic E-state index is 13.0. The second-order valence-corrected chi connectivity index (χ2v) is 5.23. The molecule has 1 aromatic rings. The topological polar surface area (TPSA) is 41.6 Å². The lowest BCUT2D eigenvalue weighted by Gasteiger charge is -2.28. The Morgan fingerprint density at radius 1 is 1.38 bits per heavy atom. The number of methoxy groups -OCH3 is 1. The molecular weight excluding hydrogens is 271 g/mol. The number of carbonyl (C=O) groups excluding carboxylic acids is 1. The summed E-state index contributed by atoms with van der Waals surface area (Å²) in [5.41, 5.74) is 0.319. The number of hydrogen-bond acceptors (Lipinski definition) is 4. The van der Waals surface area contributed by atoms with Gasteiger partial charge in [0, 0.05) is 18.8 Å². The number of benzene rings is 1. The molecule has 0 radical (unpaired) electrons. The number of carbonyl (C=O) groups is 1. The second-order valence-electron chi connectivity index (χ2n) is 5.23. The van der Waals surface area contributed by atoms with Crippen molar-refractivity contribution in [3.63, 3.8) is 0 Å². The summed E-state index contributed by atoms with van der Waals surface area (Å²) in [5.74, 6) is -0.488. The van der Waals surface area contributed by atoms with Crippen LogP contribution in [-0.4, -0.2) is 38.8 Å². The molecule has 0 amide bonds. The molecule has 0 spiro atoms. The summed E-state index contributed by atoms with van der Waals surface area (Å²) < 4.78 is 17.8. The van der Waals surface area contributed by atoms with Crippen molar-refractivity contribution in [1.82, 2.24) is 5.32 Å². The van der Waals surface area contributed by atoms with Crippen LogP contribution in [0.25, 0.3) is 0 Å². The van der Waals surface area contributed by atoms with E-state index in [4.69, 9.17) is 4.74 Å². The predicted molar refractivity (Wildman–Crippen MR) is 83.0 cm³/mol. The van der Waals surface area contributed by atoms with E-state index >= 15 is 0 Å². The molecule has 0 aliphatic rings. The number of esters is 1. The molecule has 0 aliphatic heterocycles. The molecule has 5 heteroatoms. The highest BCUT2D eigenvalue weighted by atomic mass is 19.1. The number of ether oxygens (including phenoxy) is 1. The number of nitrogens with zero attached hydrogens (tertiary/aromatic N) is 1. The Morgan fingerprint density at radius 3 is 2.48 bits per heavy atom. The minimum Gasteiger partial charge on any atom is -0.468 e. The fourth-order valence-corrected chi connectivity index (χ4v) is 2.30. The summed E-state index contributed by atoms with van der Waals surface area (Å²) in [4.78, 5) is 13.9. The van der Waals surface area contributed by atoms with Crippen molar-refractivity contribution < 1.29 is 13.9 Å². The Kier molecular flexibility index (Phi) is 6.62. The van der Waals surface area contributed by atoms with Crippen LogP contribution in [0, 0.1) is 5.82 Å². The van der Waals surface area contributed by atoms with Crippen LogP contribution in [0.15, 0.2) is 24.3 Å². The van der Waals surface area contributed by atoms with Gasteiger partial charge in [0.2, 0.25) is 0 Å². The van der Waals surface area contributed by atoms with E-state index in [1.807, 2.05) is 6.92 Å². The largest absolute Gasteiger partial charge is 0.468 e. The van der Waals surface area contributed by atoms with E-state index in [2.05, 4.69) is 17.1 Å². The smallest absolute Gasteiger partial charge is 0.325 e. The predicted octanol–water partition coefficient (Wildman–Crippen LogP) is 2.58. The van der Waals surface area contributed by atoms with E-state index in [1.165, 1.54) is 19.2 Å². The van der Waals surface area contributed by atoms with Crippen molar-refractivity contribution in [3.8, 4) is 0 Å². The molecule has 1 aromatic carbocycles. The van der Waals surface area contributed by atoms with Crippen LogP contribution in [-0.2, 0) is 9.53 Å². The Balaban J connectivity index is 2.59. The zero-order valence-electron chi connectivity index (χ0n) is 13.3. The summed E-state index contributed by atoms with van der Waals surface area (Å²) in [6, 6.07) is 6.47. The van der Waals surface area contributed by atoms with Gasteiger partial charge in [-0.25, -0.2) is 4.39 Å². The molecule has 0 aromatic heterocycles.